The van der Waals surface area contributed by atoms with Crippen LogP contribution in [-0.4, -0.2) is 62.5 Å². The third-order valence-electron chi connectivity index (χ3n) is 5.23. The fourth-order valence-corrected chi connectivity index (χ4v) is 5.75. The predicted molar refractivity (Wildman–Crippen MR) is 101 cm³/mol. The van der Waals surface area contributed by atoms with Gasteiger partial charge in [-0.25, -0.2) is 8.42 Å². The molecule has 26 heavy (non-hydrogen) atoms. The molecule has 0 spiro atoms. The number of carbonyl (C=O) groups excluding carboxylic acids is 1. The Balaban J connectivity index is 1.55. The van der Waals surface area contributed by atoms with E-state index in [9.17, 15) is 13.2 Å². The molecule has 1 aromatic carbocycles. The average Bonchev–Trinajstić information content (AvgIpc) is 2.95. The Bertz CT molecular complexity index is 712. The van der Waals surface area contributed by atoms with E-state index in [1.165, 1.54) is 12.0 Å². The van der Waals surface area contributed by atoms with Crippen LogP contribution < -0.4 is 10.1 Å². The minimum atomic E-state index is -3.11. The monoisotopic (exact) mass is 380 g/mol. The predicted octanol–water partition coefficient (Wildman–Crippen LogP) is 1.40. The number of ether oxygens (including phenoxy) is 1. The second kappa shape index (κ2) is 8.39. The molecule has 0 radical (unpaired) electrons. The summed E-state index contributed by atoms with van der Waals surface area (Å²) in [5.74, 6) is 0.528. The van der Waals surface area contributed by atoms with Crippen LogP contribution in [0.2, 0.25) is 0 Å². The number of carbonyl (C=O) groups is 1. The summed E-state index contributed by atoms with van der Waals surface area (Å²) in [6, 6.07) is 7.18. The van der Waals surface area contributed by atoms with Crippen LogP contribution >= 0.6 is 0 Å². The molecule has 3 rings (SSSR count). The molecule has 2 atom stereocenters. The number of rotatable bonds is 6. The summed E-state index contributed by atoms with van der Waals surface area (Å²) < 4.78 is 29.7. The molecular weight excluding hydrogens is 352 g/mol. The fraction of sp³-hybridized carbons (Fsp3) is 0.632. The van der Waals surface area contributed by atoms with E-state index in [2.05, 4.69) is 17.1 Å². The van der Waals surface area contributed by atoms with Crippen molar-refractivity contribution in [3.05, 3.63) is 29.8 Å². The van der Waals surface area contributed by atoms with Crippen LogP contribution in [0.25, 0.3) is 0 Å². The van der Waals surface area contributed by atoms with Crippen LogP contribution in [0.15, 0.2) is 24.3 Å². The van der Waals surface area contributed by atoms with Gasteiger partial charge in [-0.1, -0.05) is 25.5 Å². The van der Waals surface area contributed by atoms with Gasteiger partial charge in [-0.3, -0.25) is 9.69 Å². The maximum absolute atomic E-state index is 12.3. The molecule has 2 aliphatic heterocycles. The molecule has 1 aromatic rings. The van der Waals surface area contributed by atoms with E-state index in [4.69, 9.17) is 4.74 Å². The van der Waals surface area contributed by atoms with Gasteiger partial charge in [0.2, 0.25) is 0 Å². The number of nitrogens with zero attached hydrogens (tertiary/aromatic N) is 1. The molecule has 2 heterocycles. The number of nitrogens with one attached hydrogen (secondary N) is 1. The Hall–Kier alpha value is -1.60. The van der Waals surface area contributed by atoms with Gasteiger partial charge < -0.3 is 10.1 Å². The van der Waals surface area contributed by atoms with Gasteiger partial charge in [-0.2, -0.15) is 0 Å². The van der Waals surface area contributed by atoms with Crippen LogP contribution in [0.5, 0.6) is 5.75 Å². The van der Waals surface area contributed by atoms with Gasteiger partial charge >= 0.3 is 0 Å². The zero-order valence-electron chi connectivity index (χ0n) is 15.3. The Morgan fingerprint density at radius 2 is 1.85 bits per heavy atom. The molecule has 0 aromatic heterocycles. The Labute approximate surface area is 155 Å². The smallest absolute Gasteiger partial charge is 0.258 e. The maximum atomic E-state index is 12.3. The van der Waals surface area contributed by atoms with Gasteiger partial charge in [0, 0.05) is 6.04 Å². The third kappa shape index (κ3) is 4.98. The Kier molecular flexibility index (Phi) is 6.19. The lowest BCUT2D eigenvalue weighted by Gasteiger charge is -2.34. The second-order valence-corrected chi connectivity index (χ2v) is 9.35. The molecule has 1 amide bonds. The first-order valence-corrected chi connectivity index (χ1v) is 11.2. The first-order chi connectivity index (χ1) is 12.5. The number of likely N-dealkylation sites (tertiary alicyclic amines) is 1. The molecule has 2 fully saturated rings. The quantitative estimate of drug-likeness (QED) is 0.807. The highest BCUT2D eigenvalue weighted by molar-refractivity contribution is 7.91. The molecule has 144 valence electrons. The lowest BCUT2D eigenvalue weighted by Crippen LogP contribution is -2.53. The molecule has 0 aliphatic carbocycles. The zero-order valence-corrected chi connectivity index (χ0v) is 16.1. The number of piperidine rings is 1. The SMILES string of the molecule is CCc1ccc(OCC(=O)NC2CS(=O)(=O)CC2N2CCCCC2)cc1. The fourth-order valence-electron chi connectivity index (χ4n) is 3.80. The Morgan fingerprint density at radius 1 is 1.15 bits per heavy atom. The van der Waals surface area contributed by atoms with Crippen molar-refractivity contribution in [3.63, 3.8) is 0 Å². The molecule has 2 unspecified atom stereocenters. The number of amides is 1. The van der Waals surface area contributed by atoms with Crippen molar-refractivity contribution < 1.29 is 17.9 Å². The van der Waals surface area contributed by atoms with Crippen molar-refractivity contribution in [1.82, 2.24) is 10.2 Å². The van der Waals surface area contributed by atoms with Crippen LogP contribution in [0.4, 0.5) is 0 Å². The summed E-state index contributed by atoms with van der Waals surface area (Å²) in [6.45, 7) is 3.80. The maximum Gasteiger partial charge on any atom is 0.258 e. The topological polar surface area (TPSA) is 75.7 Å². The van der Waals surface area contributed by atoms with Gasteiger partial charge in [0.25, 0.3) is 5.91 Å². The zero-order chi connectivity index (χ0) is 18.6. The van der Waals surface area contributed by atoms with Crippen LogP contribution in [-0.2, 0) is 21.1 Å². The number of hydrogen-bond acceptors (Lipinski definition) is 5. The minimum Gasteiger partial charge on any atom is -0.484 e. The number of aryl methyl sites for hydroxylation is 1. The highest BCUT2D eigenvalue weighted by atomic mass is 32.2. The molecule has 7 heteroatoms. The summed E-state index contributed by atoms with van der Waals surface area (Å²) in [5, 5.41) is 2.89. The Morgan fingerprint density at radius 3 is 2.50 bits per heavy atom. The van der Waals surface area contributed by atoms with Crippen molar-refractivity contribution >= 4 is 15.7 Å². The summed E-state index contributed by atoms with van der Waals surface area (Å²) >= 11 is 0. The summed E-state index contributed by atoms with van der Waals surface area (Å²) in [5.41, 5.74) is 1.21. The van der Waals surface area contributed by atoms with Crippen LogP contribution in [0.1, 0.15) is 31.7 Å². The molecular formula is C19H28N2O4S. The molecule has 2 aliphatic rings. The van der Waals surface area contributed by atoms with Crippen molar-refractivity contribution in [1.29, 1.82) is 0 Å². The average molecular weight is 381 g/mol. The normalized spacial score (nSPS) is 25.7. The van der Waals surface area contributed by atoms with Gasteiger partial charge in [0.15, 0.2) is 16.4 Å². The molecule has 6 nitrogen and oxygen atoms in total. The number of benzene rings is 1. The van der Waals surface area contributed by atoms with Crippen molar-refractivity contribution in [3.8, 4) is 5.75 Å². The standard InChI is InChI=1S/C19H28N2O4S/c1-2-15-6-8-16(9-7-15)25-12-19(22)20-17-13-26(23,24)14-18(17)21-10-4-3-5-11-21/h6-9,17-18H,2-5,10-14H2,1H3,(H,20,22). The lowest BCUT2D eigenvalue weighted by atomic mass is 10.0. The van der Waals surface area contributed by atoms with Crippen molar-refractivity contribution in [2.24, 2.45) is 0 Å². The molecule has 0 bridgehead atoms. The molecule has 1 N–H and O–H groups in total. The van der Waals surface area contributed by atoms with E-state index >= 15 is 0 Å². The lowest BCUT2D eigenvalue weighted by molar-refractivity contribution is -0.124. The highest BCUT2D eigenvalue weighted by Gasteiger charge is 2.41. The first kappa shape index (κ1) is 19.2. The first-order valence-electron chi connectivity index (χ1n) is 9.42. The van der Waals surface area contributed by atoms with E-state index in [-0.39, 0.29) is 36.1 Å². The van der Waals surface area contributed by atoms with E-state index in [1.807, 2.05) is 24.3 Å². The number of hydrogen-bond donors (Lipinski definition) is 1. The van der Waals surface area contributed by atoms with Gasteiger partial charge in [0.1, 0.15) is 5.75 Å². The summed E-state index contributed by atoms with van der Waals surface area (Å²) in [4.78, 5) is 14.5. The largest absolute Gasteiger partial charge is 0.484 e. The van der Waals surface area contributed by atoms with Gasteiger partial charge in [-0.15, -0.1) is 0 Å². The van der Waals surface area contributed by atoms with E-state index < -0.39 is 9.84 Å². The van der Waals surface area contributed by atoms with E-state index in [0.29, 0.717) is 5.75 Å². The van der Waals surface area contributed by atoms with Crippen molar-refractivity contribution in [2.75, 3.05) is 31.2 Å². The molecule has 0 saturated carbocycles. The molecule has 2 saturated heterocycles. The van der Waals surface area contributed by atoms with Crippen LogP contribution in [0, 0.1) is 0 Å². The summed E-state index contributed by atoms with van der Waals surface area (Å²) in [6.07, 6.45) is 4.33. The minimum absolute atomic E-state index is 0.0190. The second-order valence-electron chi connectivity index (χ2n) is 7.20. The summed E-state index contributed by atoms with van der Waals surface area (Å²) in [7, 11) is -3.11. The van der Waals surface area contributed by atoms with Gasteiger partial charge in [-0.05, 0) is 50.0 Å². The van der Waals surface area contributed by atoms with Gasteiger partial charge in [0.05, 0.1) is 17.5 Å². The van der Waals surface area contributed by atoms with E-state index in [0.717, 1.165) is 32.4 Å². The van der Waals surface area contributed by atoms with Crippen molar-refractivity contribution in [2.45, 2.75) is 44.7 Å². The van der Waals surface area contributed by atoms with Crippen LogP contribution in [0.3, 0.4) is 0 Å². The third-order valence-corrected chi connectivity index (χ3v) is 6.95. The highest BCUT2D eigenvalue weighted by Crippen LogP contribution is 2.22. The van der Waals surface area contributed by atoms with E-state index in [1.54, 1.807) is 0 Å². The number of sulfone groups is 1.